The van der Waals surface area contributed by atoms with Crippen LogP contribution in [0.15, 0.2) is 35.7 Å². The highest BCUT2D eigenvalue weighted by molar-refractivity contribution is 7.10. The van der Waals surface area contributed by atoms with E-state index in [0.29, 0.717) is 0 Å². The molecule has 2 aromatic rings. The fourth-order valence-electron chi connectivity index (χ4n) is 1.64. The van der Waals surface area contributed by atoms with E-state index in [9.17, 15) is 9.18 Å². The van der Waals surface area contributed by atoms with Gasteiger partial charge >= 0.3 is 5.97 Å². The minimum atomic E-state index is -1.01. The second-order valence-electron chi connectivity index (χ2n) is 4.19. The van der Waals surface area contributed by atoms with Crippen LogP contribution in [0.2, 0.25) is 0 Å². The van der Waals surface area contributed by atoms with Gasteiger partial charge in [0.05, 0.1) is 0 Å². The van der Waals surface area contributed by atoms with E-state index in [-0.39, 0.29) is 12.4 Å². The number of carbonyl (C=O) groups is 1. The third-order valence-corrected chi connectivity index (χ3v) is 3.54. The summed E-state index contributed by atoms with van der Waals surface area (Å²) in [6.45, 7) is 2.07. The Balaban J connectivity index is 2.10. The maximum atomic E-state index is 13.5. The molecule has 104 valence electrons. The van der Waals surface area contributed by atoms with Gasteiger partial charge < -0.3 is 9.84 Å². The summed E-state index contributed by atoms with van der Waals surface area (Å²) in [4.78, 5) is 11.4. The summed E-state index contributed by atoms with van der Waals surface area (Å²) in [7, 11) is 0. The van der Waals surface area contributed by atoms with Gasteiger partial charge in [-0.25, -0.2) is 9.18 Å². The number of carboxylic acid groups (broad SMARTS) is 1. The van der Waals surface area contributed by atoms with Crippen molar-refractivity contribution in [2.24, 2.45) is 0 Å². The molecule has 0 aliphatic heterocycles. The highest BCUT2D eigenvalue weighted by atomic mass is 32.1. The van der Waals surface area contributed by atoms with Crippen LogP contribution in [0.25, 0.3) is 6.08 Å². The highest BCUT2D eigenvalue weighted by Crippen LogP contribution is 2.23. The SMILES string of the molecule is Cc1ccc(F)c(OCc2sccc2C=CC(=O)O)c1. The molecule has 2 rings (SSSR count). The number of thiophene rings is 1. The molecule has 5 heteroatoms. The van der Waals surface area contributed by atoms with E-state index in [2.05, 4.69) is 0 Å². The summed E-state index contributed by atoms with van der Waals surface area (Å²) >= 11 is 1.44. The fourth-order valence-corrected chi connectivity index (χ4v) is 2.42. The summed E-state index contributed by atoms with van der Waals surface area (Å²) in [5.41, 5.74) is 1.68. The first kappa shape index (κ1) is 14.3. The normalized spacial score (nSPS) is 10.9. The van der Waals surface area contributed by atoms with Crippen molar-refractivity contribution < 1.29 is 19.0 Å². The first-order valence-corrected chi connectivity index (χ1v) is 6.80. The van der Waals surface area contributed by atoms with E-state index in [1.54, 1.807) is 18.2 Å². The Morgan fingerprint density at radius 2 is 2.25 bits per heavy atom. The average Bonchev–Trinajstić information content (AvgIpc) is 2.85. The van der Waals surface area contributed by atoms with Gasteiger partial charge in [-0.1, -0.05) is 6.07 Å². The average molecular weight is 292 g/mol. The first-order valence-electron chi connectivity index (χ1n) is 5.92. The summed E-state index contributed by atoms with van der Waals surface area (Å²) in [6.07, 6.45) is 2.57. The zero-order valence-corrected chi connectivity index (χ0v) is 11.6. The van der Waals surface area contributed by atoms with Crippen molar-refractivity contribution in [3.05, 3.63) is 57.5 Å². The number of benzene rings is 1. The van der Waals surface area contributed by atoms with Gasteiger partial charge in [0.1, 0.15) is 6.61 Å². The van der Waals surface area contributed by atoms with Gasteiger partial charge in [-0.2, -0.15) is 0 Å². The maximum Gasteiger partial charge on any atom is 0.328 e. The number of ether oxygens (including phenoxy) is 1. The van der Waals surface area contributed by atoms with Gasteiger partial charge in [-0.15, -0.1) is 11.3 Å². The van der Waals surface area contributed by atoms with E-state index in [0.717, 1.165) is 22.1 Å². The van der Waals surface area contributed by atoms with E-state index in [1.165, 1.54) is 23.5 Å². The Labute approximate surface area is 119 Å². The van der Waals surface area contributed by atoms with Gasteiger partial charge in [0, 0.05) is 11.0 Å². The quantitative estimate of drug-likeness (QED) is 0.851. The molecule has 1 aromatic heterocycles. The molecule has 0 radical (unpaired) electrons. The van der Waals surface area contributed by atoms with Crippen molar-refractivity contribution in [3.8, 4) is 5.75 Å². The molecule has 0 bridgehead atoms. The van der Waals surface area contributed by atoms with E-state index in [4.69, 9.17) is 9.84 Å². The van der Waals surface area contributed by atoms with Crippen molar-refractivity contribution >= 4 is 23.4 Å². The zero-order chi connectivity index (χ0) is 14.5. The number of aliphatic carboxylic acids is 1. The van der Waals surface area contributed by atoms with Gasteiger partial charge in [0.2, 0.25) is 0 Å². The van der Waals surface area contributed by atoms with Gasteiger partial charge in [-0.3, -0.25) is 0 Å². The lowest BCUT2D eigenvalue weighted by molar-refractivity contribution is -0.131. The van der Waals surface area contributed by atoms with Crippen LogP contribution < -0.4 is 4.74 Å². The minimum Gasteiger partial charge on any atom is -0.485 e. The molecule has 0 unspecified atom stereocenters. The Morgan fingerprint density at radius 3 is 3.00 bits per heavy atom. The molecule has 0 saturated heterocycles. The monoisotopic (exact) mass is 292 g/mol. The van der Waals surface area contributed by atoms with Crippen LogP contribution in [0.3, 0.4) is 0 Å². The number of hydrogen-bond acceptors (Lipinski definition) is 3. The molecular formula is C15H13FO3S. The molecule has 1 heterocycles. The van der Waals surface area contributed by atoms with Crippen molar-refractivity contribution in [2.45, 2.75) is 13.5 Å². The summed E-state index contributed by atoms with van der Waals surface area (Å²) in [6, 6.07) is 6.48. The van der Waals surface area contributed by atoms with Crippen LogP contribution >= 0.6 is 11.3 Å². The lowest BCUT2D eigenvalue weighted by Gasteiger charge is -2.07. The molecule has 0 fully saturated rings. The molecule has 0 amide bonds. The molecule has 1 aromatic carbocycles. The summed E-state index contributed by atoms with van der Waals surface area (Å²) < 4.78 is 19.0. The Kier molecular flexibility index (Phi) is 4.53. The number of hydrogen-bond donors (Lipinski definition) is 1. The Bertz CT molecular complexity index is 646. The first-order chi connectivity index (χ1) is 9.56. The van der Waals surface area contributed by atoms with Gasteiger partial charge in [-0.05, 0) is 47.7 Å². The largest absolute Gasteiger partial charge is 0.485 e. The molecule has 0 saturated carbocycles. The number of halogens is 1. The maximum absolute atomic E-state index is 13.5. The van der Waals surface area contributed by atoms with Crippen LogP contribution in [0.1, 0.15) is 16.0 Å². The van der Waals surface area contributed by atoms with Crippen LogP contribution in [-0.2, 0) is 11.4 Å². The third kappa shape index (κ3) is 3.68. The summed E-state index contributed by atoms with van der Waals surface area (Å²) in [5.74, 6) is -1.21. The number of carboxylic acids is 1. The van der Waals surface area contributed by atoms with Crippen LogP contribution in [-0.4, -0.2) is 11.1 Å². The van der Waals surface area contributed by atoms with Crippen molar-refractivity contribution in [3.63, 3.8) is 0 Å². The second-order valence-corrected chi connectivity index (χ2v) is 5.19. The van der Waals surface area contributed by atoms with Gasteiger partial charge in [0.25, 0.3) is 0 Å². The Morgan fingerprint density at radius 1 is 1.45 bits per heavy atom. The van der Waals surface area contributed by atoms with E-state index in [1.807, 2.05) is 12.3 Å². The van der Waals surface area contributed by atoms with Crippen LogP contribution in [0, 0.1) is 12.7 Å². The second kappa shape index (κ2) is 6.34. The number of aryl methyl sites for hydroxylation is 1. The predicted molar refractivity (Wildman–Crippen MR) is 76.5 cm³/mol. The smallest absolute Gasteiger partial charge is 0.328 e. The van der Waals surface area contributed by atoms with Gasteiger partial charge in [0.15, 0.2) is 11.6 Å². The molecule has 0 spiro atoms. The highest BCUT2D eigenvalue weighted by Gasteiger charge is 2.07. The van der Waals surface area contributed by atoms with E-state index >= 15 is 0 Å². The molecule has 3 nitrogen and oxygen atoms in total. The molecule has 0 aliphatic carbocycles. The van der Waals surface area contributed by atoms with Crippen molar-refractivity contribution in [2.75, 3.05) is 0 Å². The van der Waals surface area contributed by atoms with Crippen LogP contribution in [0.4, 0.5) is 4.39 Å². The molecule has 0 aliphatic rings. The van der Waals surface area contributed by atoms with Crippen molar-refractivity contribution in [1.82, 2.24) is 0 Å². The minimum absolute atomic E-state index is 0.201. The third-order valence-electron chi connectivity index (χ3n) is 2.63. The topological polar surface area (TPSA) is 46.5 Å². The molecule has 0 atom stereocenters. The standard InChI is InChI=1S/C15H13FO3S/c1-10-2-4-12(16)13(8-10)19-9-14-11(6-7-20-14)3-5-15(17)18/h2-8H,9H2,1H3,(H,17,18). The van der Waals surface area contributed by atoms with Crippen LogP contribution in [0.5, 0.6) is 5.75 Å². The zero-order valence-electron chi connectivity index (χ0n) is 10.8. The molecular weight excluding hydrogens is 279 g/mol. The fraction of sp³-hybridized carbons (Fsp3) is 0.133. The number of rotatable bonds is 5. The lowest BCUT2D eigenvalue weighted by atomic mass is 10.2. The van der Waals surface area contributed by atoms with Crippen molar-refractivity contribution in [1.29, 1.82) is 0 Å². The molecule has 1 N–H and O–H groups in total. The Hall–Kier alpha value is -2.14. The van der Waals surface area contributed by atoms with E-state index < -0.39 is 11.8 Å². The lowest BCUT2D eigenvalue weighted by Crippen LogP contribution is -1.97. The predicted octanol–water partition coefficient (Wildman–Crippen LogP) is 3.87. The molecule has 20 heavy (non-hydrogen) atoms. The summed E-state index contributed by atoms with van der Waals surface area (Å²) in [5, 5.41) is 10.5.